The van der Waals surface area contributed by atoms with E-state index in [0.717, 1.165) is 12.8 Å². The van der Waals surface area contributed by atoms with Crippen LogP contribution in [0, 0.1) is 5.92 Å². The summed E-state index contributed by atoms with van der Waals surface area (Å²) in [6.07, 6.45) is 14.1. The van der Waals surface area contributed by atoms with Gasteiger partial charge in [-0.15, -0.1) is 0 Å². The predicted molar refractivity (Wildman–Crippen MR) is 239 cm³/mol. The van der Waals surface area contributed by atoms with E-state index in [1.165, 1.54) is 72.7 Å². The number of hydrogen-bond donors (Lipinski definition) is 0. The van der Waals surface area contributed by atoms with Crippen LogP contribution in [0.15, 0.2) is 212 Å². The van der Waals surface area contributed by atoms with Gasteiger partial charge in [-0.25, -0.2) is 0 Å². The van der Waals surface area contributed by atoms with Gasteiger partial charge in [0.2, 0.25) is 0 Å². The van der Waals surface area contributed by atoms with Crippen LogP contribution in [0.2, 0.25) is 0 Å². The third-order valence-corrected chi connectivity index (χ3v) is 12.3. The largest absolute Gasteiger partial charge is 0.310 e. The van der Waals surface area contributed by atoms with Crippen LogP contribution >= 0.6 is 0 Å². The summed E-state index contributed by atoms with van der Waals surface area (Å²) >= 11 is 0. The minimum absolute atomic E-state index is 0.0608. The highest BCUT2D eigenvalue weighted by atomic mass is 15.1. The zero-order chi connectivity index (χ0) is 37.9. The Hall–Kier alpha value is -6.44. The van der Waals surface area contributed by atoms with Gasteiger partial charge in [-0.2, -0.15) is 0 Å². The van der Waals surface area contributed by atoms with E-state index in [1.807, 2.05) is 0 Å². The summed E-state index contributed by atoms with van der Waals surface area (Å²) in [5.74, 6) is 0.785. The molecule has 272 valence electrons. The molecule has 7 aromatic carbocycles. The van der Waals surface area contributed by atoms with E-state index in [4.69, 9.17) is 0 Å². The maximum absolute atomic E-state index is 2.57. The van der Waals surface area contributed by atoms with Crippen LogP contribution in [-0.4, -0.2) is 0 Å². The average Bonchev–Trinajstić information content (AvgIpc) is 3.55. The monoisotopic (exact) mass is 721 g/mol. The molecule has 2 aliphatic rings. The molecule has 9 rings (SSSR count). The molecule has 1 heteroatoms. The standard InChI is InChI=1S/C55H47N/c1-3-55(4-2)53-37-41(29-34-50(53)51-36-33-48(39-54(51)55)56(46-21-13-7-14-22-46)47-23-15-8-16-24-47)26-25-40-27-30-44(31-28-40)52-38-45(42-17-9-5-10-18-42)32-35-49(52)43-19-11-6-12-20-43/h5-39,50,53H,3-4H2,1-2H3/b26-25+. The van der Waals surface area contributed by atoms with Crippen LogP contribution in [0.25, 0.3) is 39.5 Å². The van der Waals surface area contributed by atoms with Gasteiger partial charge in [-0.3, -0.25) is 0 Å². The van der Waals surface area contributed by atoms with Gasteiger partial charge in [0.15, 0.2) is 0 Å². The Bertz CT molecular complexity index is 2480. The number of fused-ring (bicyclic) bond motifs is 3. The zero-order valence-electron chi connectivity index (χ0n) is 32.2. The molecule has 0 radical (unpaired) electrons. The van der Waals surface area contributed by atoms with E-state index in [0.29, 0.717) is 11.8 Å². The predicted octanol–water partition coefficient (Wildman–Crippen LogP) is 15.1. The highest BCUT2D eigenvalue weighted by Gasteiger charge is 2.49. The third-order valence-electron chi connectivity index (χ3n) is 12.3. The average molecular weight is 722 g/mol. The van der Waals surface area contributed by atoms with Crippen LogP contribution in [0.5, 0.6) is 0 Å². The van der Waals surface area contributed by atoms with Gasteiger partial charge in [0.1, 0.15) is 0 Å². The molecule has 0 amide bonds. The lowest BCUT2D eigenvalue weighted by Gasteiger charge is -2.36. The molecule has 2 atom stereocenters. The molecule has 0 fully saturated rings. The molecular formula is C55H47N. The van der Waals surface area contributed by atoms with E-state index < -0.39 is 0 Å². The quantitative estimate of drug-likeness (QED) is 0.136. The smallest absolute Gasteiger partial charge is 0.0464 e. The summed E-state index contributed by atoms with van der Waals surface area (Å²) in [6, 6.07) is 66.0. The Morgan fingerprint density at radius 1 is 0.500 bits per heavy atom. The van der Waals surface area contributed by atoms with E-state index in [-0.39, 0.29) is 5.41 Å². The van der Waals surface area contributed by atoms with E-state index in [1.54, 1.807) is 0 Å². The maximum atomic E-state index is 2.57. The van der Waals surface area contributed by atoms with Crippen LogP contribution in [0.1, 0.15) is 49.3 Å². The molecule has 2 aliphatic carbocycles. The molecular weight excluding hydrogens is 675 g/mol. The molecule has 0 saturated carbocycles. The molecule has 0 aliphatic heterocycles. The number of benzene rings is 7. The van der Waals surface area contributed by atoms with Crippen molar-refractivity contribution in [1.29, 1.82) is 0 Å². The van der Waals surface area contributed by atoms with Crippen molar-refractivity contribution in [2.75, 3.05) is 4.90 Å². The Morgan fingerprint density at radius 2 is 1.07 bits per heavy atom. The lowest BCUT2D eigenvalue weighted by atomic mass is 9.67. The van der Waals surface area contributed by atoms with Crippen molar-refractivity contribution in [3.63, 3.8) is 0 Å². The van der Waals surface area contributed by atoms with Crippen molar-refractivity contribution in [1.82, 2.24) is 0 Å². The molecule has 0 aromatic heterocycles. The number of anilines is 3. The molecule has 0 N–H and O–H groups in total. The van der Waals surface area contributed by atoms with E-state index >= 15 is 0 Å². The minimum Gasteiger partial charge on any atom is -0.310 e. The highest BCUT2D eigenvalue weighted by Crippen LogP contribution is 2.58. The normalized spacial score (nSPS) is 16.6. The maximum Gasteiger partial charge on any atom is 0.0464 e. The van der Waals surface area contributed by atoms with Crippen molar-refractivity contribution in [3.05, 3.63) is 229 Å². The topological polar surface area (TPSA) is 3.24 Å². The third kappa shape index (κ3) is 6.54. The lowest BCUT2D eigenvalue weighted by molar-refractivity contribution is 0.304. The number of para-hydroxylation sites is 2. The molecule has 2 unspecified atom stereocenters. The van der Waals surface area contributed by atoms with Crippen LogP contribution in [-0.2, 0) is 5.41 Å². The lowest BCUT2D eigenvalue weighted by Crippen LogP contribution is -2.31. The van der Waals surface area contributed by atoms with Gasteiger partial charge in [-0.1, -0.05) is 184 Å². The van der Waals surface area contributed by atoms with Crippen molar-refractivity contribution < 1.29 is 0 Å². The van der Waals surface area contributed by atoms with Crippen LogP contribution < -0.4 is 4.90 Å². The van der Waals surface area contributed by atoms with Crippen molar-refractivity contribution in [2.45, 2.75) is 38.0 Å². The van der Waals surface area contributed by atoms with Crippen molar-refractivity contribution in [2.24, 2.45) is 5.92 Å². The summed E-state index contributed by atoms with van der Waals surface area (Å²) in [5, 5.41) is 0. The SMILES string of the molecule is CCC1(CC)c2cc(N(c3ccccc3)c3ccccc3)ccc2C2C=CC(/C=C/c3ccc(-c4cc(-c5ccccc5)ccc4-c4ccccc4)cc3)=CC21. The number of rotatable bonds is 10. The molecule has 0 saturated heterocycles. The van der Waals surface area contributed by atoms with Gasteiger partial charge in [-0.05, 0) is 117 Å². The number of nitrogens with zero attached hydrogens (tertiary/aromatic N) is 1. The van der Waals surface area contributed by atoms with E-state index in [9.17, 15) is 0 Å². The number of hydrogen-bond acceptors (Lipinski definition) is 1. The molecule has 7 aromatic rings. The summed E-state index contributed by atoms with van der Waals surface area (Å²) in [7, 11) is 0. The summed E-state index contributed by atoms with van der Waals surface area (Å²) in [5.41, 5.74) is 16.5. The van der Waals surface area contributed by atoms with Gasteiger partial charge < -0.3 is 4.90 Å². The van der Waals surface area contributed by atoms with Gasteiger partial charge in [0.25, 0.3) is 0 Å². The zero-order valence-corrected chi connectivity index (χ0v) is 32.2. The highest BCUT2D eigenvalue weighted by molar-refractivity contribution is 5.87. The van der Waals surface area contributed by atoms with Gasteiger partial charge >= 0.3 is 0 Å². The molecule has 0 bridgehead atoms. The Balaban J connectivity index is 1.01. The summed E-state index contributed by atoms with van der Waals surface area (Å²) in [6.45, 7) is 4.77. The van der Waals surface area contributed by atoms with E-state index in [2.05, 4.69) is 231 Å². The number of allylic oxidation sites excluding steroid dienone is 5. The summed E-state index contributed by atoms with van der Waals surface area (Å²) < 4.78 is 0. The van der Waals surface area contributed by atoms with Crippen LogP contribution in [0.3, 0.4) is 0 Å². The van der Waals surface area contributed by atoms with Crippen molar-refractivity contribution in [3.8, 4) is 33.4 Å². The second kappa shape index (κ2) is 15.4. The molecule has 56 heavy (non-hydrogen) atoms. The first-order valence-corrected chi connectivity index (χ1v) is 20.1. The van der Waals surface area contributed by atoms with Crippen LogP contribution in [0.4, 0.5) is 17.1 Å². The van der Waals surface area contributed by atoms with Gasteiger partial charge in [0, 0.05) is 28.4 Å². The first-order chi connectivity index (χ1) is 27.6. The van der Waals surface area contributed by atoms with Gasteiger partial charge in [0.05, 0.1) is 0 Å². The second-order valence-corrected chi connectivity index (χ2v) is 15.2. The molecule has 0 spiro atoms. The summed E-state index contributed by atoms with van der Waals surface area (Å²) in [4.78, 5) is 2.39. The fourth-order valence-electron chi connectivity index (χ4n) is 9.33. The first-order valence-electron chi connectivity index (χ1n) is 20.1. The fourth-order valence-corrected chi connectivity index (χ4v) is 9.33. The van der Waals surface area contributed by atoms with Crippen molar-refractivity contribution >= 4 is 23.1 Å². The Morgan fingerprint density at radius 3 is 1.70 bits per heavy atom. The Labute approximate surface area is 332 Å². The molecule has 0 heterocycles. The fraction of sp³-hybridized carbons (Fsp3) is 0.127. The second-order valence-electron chi connectivity index (χ2n) is 15.2. The first kappa shape index (κ1) is 35.3. The Kier molecular flexibility index (Phi) is 9.68. The molecule has 1 nitrogen and oxygen atoms in total. The minimum atomic E-state index is 0.0608.